The van der Waals surface area contributed by atoms with Gasteiger partial charge in [0, 0.05) is 19.5 Å². The Morgan fingerprint density at radius 1 is 1.00 bits per heavy atom. The zero-order valence-corrected chi connectivity index (χ0v) is 14.1. The van der Waals surface area contributed by atoms with E-state index in [-0.39, 0.29) is 18.2 Å². The van der Waals surface area contributed by atoms with Crippen LogP contribution >= 0.6 is 0 Å². The summed E-state index contributed by atoms with van der Waals surface area (Å²) in [5, 5.41) is 5.56. The molecule has 1 aromatic carbocycles. The van der Waals surface area contributed by atoms with Gasteiger partial charge in [0.05, 0.1) is 20.6 Å². The van der Waals surface area contributed by atoms with Crippen LogP contribution in [0.4, 0.5) is 0 Å². The van der Waals surface area contributed by atoms with E-state index < -0.39 is 0 Å². The number of carbonyl (C=O) groups is 2. The molecule has 23 heavy (non-hydrogen) atoms. The van der Waals surface area contributed by atoms with Crippen molar-refractivity contribution in [1.29, 1.82) is 0 Å². The molecular formula is C17H26N2O4. The SMILES string of the molecule is CCCCC(=O)NCCNC(=O)Cc1ccc(OC)c(OC)c1. The fourth-order valence-electron chi connectivity index (χ4n) is 2.07. The molecule has 0 fully saturated rings. The van der Waals surface area contributed by atoms with Gasteiger partial charge in [-0.25, -0.2) is 0 Å². The minimum Gasteiger partial charge on any atom is -0.493 e. The highest BCUT2D eigenvalue weighted by Crippen LogP contribution is 2.27. The molecule has 0 aliphatic rings. The molecule has 0 aromatic heterocycles. The second-order valence-corrected chi connectivity index (χ2v) is 5.17. The van der Waals surface area contributed by atoms with E-state index >= 15 is 0 Å². The third-order valence-corrected chi connectivity index (χ3v) is 3.34. The van der Waals surface area contributed by atoms with Crippen LogP contribution in [-0.2, 0) is 16.0 Å². The summed E-state index contributed by atoms with van der Waals surface area (Å²) >= 11 is 0. The van der Waals surface area contributed by atoms with Crippen LogP contribution in [0.15, 0.2) is 18.2 Å². The lowest BCUT2D eigenvalue weighted by atomic mass is 10.1. The van der Waals surface area contributed by atoms with E-state index in [4.69, 9.17) is 9.47 Å². The quantitative estimate of drug-likeness (QED) is 0.643. The zero-order chi connectivity index (χ0) is 17.1. The minimum atomic E-state index is -0.0972. The molecule has 6 nitrogen and oxygen atoms in total. The Kier molecular flexibility index (Phi) is 8.57. The van der Waals surface area contributed by atoms with Gasteiger partial charge in [-0.2, -0.15) is 0 Å². The summed E-state index contributed by atoms with van der Waals surface area (Å²) in [4.78, 5) is 23.3. The third-order valence-electron chi connectivity index (χ3n) is 3.34. The van der Waals surface area contributed by atoms with Crippen molar-refractivity contribution in [3.8, 4) is 11.5 Å². The highest BCUT2D eigenvalue weighted by atomic mass is 16.5. The van der Waals surface area contributed by atoms with Crippen LogP contribution in [0.2, 0.25) is 0 Å². The molecule has 2 N–H and O–H groups in total. The van der Waals surface area contributed by atoms with Gasteiger partial charge in [0.1, 0.15) is 0 Å². The summed E-state index contributed by atoms with van der Waals surface area (Å²) in [6.07, 6.45) is 2.67. The molecule has 1 rings (SSSR count). The van der Waals surface area contributed by atoms with Gasteiger partial charge in [-0.05, 0) is 24.1 Å². The molecule has 0 saturated heterocycles. The topological polar surface area (TPSA) is 76.7 Å². The normalized spacial score (nSPS) is 10.0. The zero-order valence-electron chi connectivity index (χ0n) is 14.1. The maximum Gasteiger partial charge on any atom is 0.224 e. The van der Waals surface area contributed by atoms with Crippen molar-refractivity contribution in [3.63, 3.8) is 0 Å². The molecule has 0 unspecified atom stereocenters. The van der Waals surface area contributed by atoms with Crippen LogP contribution in [0.3, 0.4) is 0 Å². The average Bonchev–Trinajstić information content (AvgIpc) is 2.56. The Bertz CT molecular complexity index is 517. The predicted octanol–water partition coefficient (Wildman–Crippen LogP) is 1.67. The number of nitrogens with one attached hydrogen (secondary N) is 2. The van der Waals surface area contributed by atoms with Crippen molar-refractivity contribution < 1.29 is 19.1 Å². The molecule has 6 heteroatoms. The molecule has 2 amide bonds. The highest BCUT2D eigenvalue weighted by Gasteiger charge is 2.08. The number of carbonyl (C=O) groups excluding carboxylic acids is 2. The van der Waals surface area contributed by atoms with Crippen LogP contribution < -0.4 is 20.1 Å². The van der Waals surface area contributed by atoms with Crippen molar-refractivity contribution in [1.82, 2.24) is 10.6 Å². The molecule has 128 valence electrons. The van der Waals surface area contributed by atoms with E-state index in [1.54, 1.807) is 26.4 Å². The van der Waals surface area contributed by atoms with Gasteiger partial charge in [-0.15, -0.1) is 0 Å². The Morgan fingerprint density at radius 3 is 2.26 bits per heavy atom. The molecule has 0 saturated carbocycles. The molecule has 0 heterocycles. The maximum absolute atomic E-state index is 11.9. The lowest BCUT2D eigenvalue weighted by molar-refractivity contribution is -0.122. The third kappa shape index (κ3) is 7.04. The van der Waals surface area contributed by atoms with Crippen LogP contribution in [-0.4, -0.2) is 39.1 Å². The lowest BCUT2D eigenvalue weighted by Gasteiger charge is -2.10. The first-order chi connectivity index (χ1) is 11.1. The smallest absolute Gasteiger partial charge is 0.224 e. The Hall–Kier alpha value is -2.24. The van der Waals surface area contributed by atoms with Crippen LogP contribution in [0, 0.1) is 0 Å². The molecule has 1 aromatic rings. The highest BCUT2D eigenvalue weighted by molar-refractivity contribution is 5.79. The summed E-state index contributed by atoms with van der Waals surface area (Å²) in [7, 11) is 3.13. The first kappa shape index (κ1) is 18.8. The first-order valence-corrected chi connectivity index (χ1v) is 7.85. The monoisotopic (exact) mass is 322 g/mol. The van der Waals surface area contributed by atoms with Gasteiger partial charge >= 0.3 is 0 Å². The van der Waals surface area contributed by atoms with Crippen molar-refractivity contribution >= 4 is 11.8 Å². The van der Waals surface area contributed by atoms with Gasteiger partial charge in [-0.3, -0.25) is 9.59 Å². The molecule has 0 radical (unpaired) electrons. The summed E-state index contributed by atoms with van der Waals surface area (Å²) < 4.78 is 10.4. The van der Waals surface area contributed by atoms with Gasteiger partial charge in [0.15, 0.2) is 11.5 Å². The van der Waals surface area contributed by atoms with E-state index in [1.165, 1.54) is 0 Å². The number of methoxy groups -OCH3 is 2. The predicted molar refractivity (Wildman–Crippen MR) is 88.8 cm³/mol. The summed E-state index contributed by atoms with van der Waals surface area (Å²) in [6.45, 7) is 2.91. The standard InChI is InChI=1S/C17H26N2O4/c1-4-5-6-16(20)18-9-10-19-17(21)12-13-7-8-14(22-2)15(11-13)23-3/h7-8,11H,4-6,9-10,12H2,1-3H3,(H,18,20)(H,19,21). The maximum atomic E-state index is 11.9. The van der Waals surface area contributed by atoms with Gasteiger partial charge < -0.3 is 20.1 Å². The second kappa shape index (κ2) is 10.5. The first-order valence-electron chi connectivity index (χ1n) is 7.85. The van der Waals surface area contributed by atoms with Crippen LogP contribution in [0.5, 0.6) is 11.5 Å². The molecule has 0 bridgehead atoms. The number of amides is 2. The summed E-state index contributed by atoms with van der Waals surface area (Å²) in [6, 6.07) is 5.38. The average molecular weight is 322 g/mol. The molecule has 0 atom stereocenters. The Labute approximate surface area is 137 Å². The minimum absolute atomic E-state index is 0.0287. The molecular weight excluding hydrogens is 296 g/mol. The lowest BCUT2D eigenvalue weighted by Crippen LogP contribution is -2.35. The van der Waals surface area contributed by atoms with Crippen LogP contribution in [0.1, 0.15) is 31.7 Å². The van der Waals surface area contributed by atoms with Crippen molar-refractivity contribution in [2.45, 2.75) is 32.6 Å². The van der Waals surface area contributed by atoms with E-state index in [0.29, 0.717) is 31.0 Å². The van der Waals surface area contributed by atoms with Gasteiger partial charge in [0.25, 0.3) is 0 Å². The summed E-state index contributed by atoms with van der Waals surface area (Å²) in [5.41, 5.74) is 0.840. The number of ether oxygens (including phenoxy) is 2. The number of benzene rings is 1. The van der Waals surface area contributed by atoms with E-state index in [0.717, 1.165) is 18.4 Å². The molecule has 0 spiro atoms. The largest absolute Gasteiger partial charge is 0.493 e. The number of hydrogen-bond donors (Lipinski definition) is 2. The number of unbranched alkanes of at least 4 members (excludes halogenated alkanes) is 1. The van der Waals surface area contributed by atoms with Crippen molar-refractivity contribution in [2.75, 3.05) is 27.3 Å². The van der Waals surface area contributed by atoms with Gasteiger partial charge in [0.2, 0.25) is 11.8 Å². The van der Waals surface area contributed by atoms with E-state index in [2.05, 4.69) is 10.6 Å². The molecule has 0 aliphatic carbocycles. The van der Waals surface area contributed by atoms with E-state index in [1.807, 2.05) is 13.0 Å². The summed E-state index contributed by atoms with van der Waals surface area (Å²) in [5.74, 6) is 1.16. The number of rotatable bonds is 10. The van der Waals surface area contributed by atoms with Crippen molar-refractivity contribution in [3.05, 3.63) is 23.8 Å². The molecule has 0 aliphatic heterocycles. The Balaban J connectivity index is 2.32. The van der Waals surface area contributed by atoms with E-state index in [9.17, 15) is 9.59 Å². The number of hydrogen-bond acceptors (Lipinski definition) is 4. The second-order valence-electron chi connectivity index (χ2n) is 5.17. The van der Waals surface area contributed by atoms with Gasteiger partial charge in [-0.1, -0.05) is 19.4 Å². The van der Waals surface area contributed by atoms with Crippen LogP contribution in [0.25, 0.3) is 0 Å². The fourth-order valence-corrected chi connectivity index (χ4v) is 2.07. The van der Waals surface area contributed by atoms with Crippen molar-refractivity contribution in [2.24, 2.45) is 0 Å². The Morgan fingerprint density at radius 2 is 1.65 bits per heavy atom. The fraction of sp³-hybridized carbons (Fsp3) is 0.529.